The first-order chi connectivity index (χ1) is 12.9. The highest BCUT2D eigenvalue weighted by Crippen LogP contribution is 2.06. The SMILES string of the molecule is CCNC(=NCCCCNc1ccccn1)NCCNC(=O)OC(C)(C)C.I. The number of nitrogens with zero attached hydrogens (tertiary/aromatic N) is 2. The molecule has 0 fully saturated rings. The van der Waals surface area contributed by atoms with Crippen molar-refractivity contribution < 1.29 is 9.53 Å². The second-order valence-electron chi connectivity index (χ2n) is 6.96. The van der Waals surface area contributed by atoms with E-state index >= 15 is 0 Å². The average molecular weight is 506 g/mol. The van der Waals surface area contributed by atoms with Crippen LogP contribution in [0.5, 0.6) is 0 Å². The molecule has 0 spiro atoms. The minimum absolute atomic E-state index is 0. The summed E-state index contributed by atoms with van der Waals surface area (Å²) in [6, 6.07) is 5.82. The number of pyridine rings is 1. The van der Waals surface area contributed by atoms with Crippen LogP contribution in [0, 0.1) is 0 Å². The van der Waals surface area contributed by atoms with Gasteiger partial charge in [-0.1, -0.05) is 6.07 Å². The number of carbonyl (C=O) groups is 1. The van der Waals surface area contributed by atoms with Crippen LogP contribution < -0.4 is 21.3 Å². The number of hydrogen-bond acceptors (Lipinski definition) is 5. The summed E-state index contributed by atoms with van der Waals surface area (Å²) in [5, 5.41) is 12.4. The molecule has 1 rings (SSSR count). The molecule has 0 aliphatic carbocycles. The second kappa shape index (κ2) is 15.2. The highest BCUT2D eigenvalue weighted by atomic mass is 127. The Balaban J connectivity index is 0.00000729. The molecule has 0 radical (unpaired) electrons. The number of alkyl carbamates (subject to hydrolysis) is 1. The third-order valence-electron chi connectivity index (χ3n) is 3.26. The normalized spacial score (nSPS) is 11.2. The maximum Gasteiger partial charge on any atom is 0.407 e. The molecule has 8 nitrogen and oxygen atoms in total. The van der Waals surface area contributed by atoms with Gasteiger partial charge in [0.05, 0.1) is 0 Å². The number of ether oxygens (including phenoxy) is 1. The Hall–Kier alpha value is -1.78. The highest BCUT2D eigenvalue weighted by Gasteiger charge is 2.15. The fourth-order valence-corrected chi connectivity index (χ4v) is 2.11. The summed E-state index contributed by atoms with van der Waals surface area (Å²) in [5.74, 6) is 1.65. The van der Waals surface area contributed by atoms with E-state index in [1.165, 1.54) is 0 Å². The molecule has 0 saturated heterocycles. The van der Waals surface area contributed by atoms with Crippen molar-refractivity contribution in [3.05, 3.63) is 24.4 Å². The van der Waals surface area contributed by atoms with Crippen molar-refractivity contribution in [1.82, 2.24) is 20.9 Å². The molecule has 1 aromatic rings. The average Bonchev–Trinajstić information content (AvgIpc) is 2.61. The van der Waals surface area contributed by atoms with Gasteiger partial charge in [0.15, 0.2) is 5.96 Å². The number of rotatable bonds is 10. The molecular weight excluding hydrogens is 471 g/mol. The fourth-order valence-electron chi connectivity index (χ4n) is 2.11. The molecule has 0 atom stereocenters. The standard InChI is InChI=1S/C19H34N6O2.HI/c1-5-20-17(24-14-15-25-18(26)27-19(2,3)4)23-13-9-8-12-22-16-10-6-7-11-21-16;/h6-7,10-11H,5,8-9,12-15H2,1-4H3,(H,21,22)(H,25,26)(H2,20,23,24);1H. The Kier molecular flexibility index (Phi) is 14.2. The molecule has 160 valence electrons. The van der Waals surface area contributed by atoms with Crippen LogP contribution in [0.1, 0.15) is 40.5 Å². The number of aliphatic imine (C=N–C) groups is 1. The molecule has 0 unspecified atom stereocenters. The van der Waals surface area contributed by atoms with E-state index in [1.807, 2.05) is 45.9 Å². The van der Waals surface area contributed by atoms with Gasteiger partial charge in [0.1, 0.15) is 11.4 Å². The zero-order chi connectivity index (χ0) is 20.0. The van der Waals surface area contributed by atoms with Gasteiger partial charge in [0.25, 0.3) is 0 Å². The van der Waals surface area contributed by atoms with E-state index < -0.39 is 11.7 Å². The number of carbonyl (C=O) groups excluding carboxylic acids is 1. The van der Waals surface area contributed by atoms with Gasteiger partial charge in [0, 0.05) is 38.9 Å². The molecule has 0 aliphatic heterocycles. The van der Waals surface area contributed by atoms with Crippen molar-refractivity contribution in [3.63, 3.8) is 0 Å². The molecule has 0 aliphatic rings. The number of nitrogens with one attached hydrogen (secondary N) is 4. The Morgan fingerprint density at radius 2 is 1.86 bits per heavy atom. The van der Waals surface area contributed by atoms with E-state index in [2.05, 4.69) is 31.2 Å². The lowest BCUT2D eigenvalue weighted by molar-refractivity contribution is 0.0529. The Morgan fingerprint density at radius 1 is 1.11 bits per heavy atom. The van der Waals surface area contributed by atoms with Crippen molar-refractivity contribution in [2.24, 2.45) is 4.99 Å². The largest absolute Gasteiger partial charge is 0.444 e. The monoisotopic (exact) mass is 506 g/mol. The van der Waals surface area contributed by atoms with Crippen molar-refractivity contribution in [1.29, 1.82) is 0 Å². The number of amides is 1. The molecule has 9 heteroatoms. The van der Waals surface area contributed by atoms with Crippen LogP contribution in [0.2, 0.25) is 0 Å². The summed E-state index contributed by atoms with van der Waals surface area (Å²) in [5.41, 5.74) is -0.487. The third-order valence-corrected chi connectivity index (χ3v) is 3.26. The summed E-state index contributed by atoms with van der Waals surface area (Å²) >= 11 is 0. The van der Waals surface area contributed by atoms with Crippen LogP contribution in [0.15, 0.2) is 29.4 Å². The predicted octanol–water partition coefficient (Wildman–Crippen LogP) is 2.97. The number of guanidine groups is 1. The third kappa shape index (κ3) is 14.3. The molecule has 28 heavy (non-hydrogen) atoms. The second-order valence-corrected chi connectivity index (χ2v) is 6.96. The lowest BCUT2D eigenvalue weighted by atomic mass is 10.2. The lowest BCUT2D eigenvalue weighted by Gasteiger charge is -2.19. The van der Waals surface area contributed by atoms with Crippen LogP contribution in [0.25, 0.3) is 0 Å². The van der Waals surface area contributed by atoms with Gasteiger partial charge in [0.2, 0.25) is 0 Å². The molecule has 0 aromatic carbocycles. The molecule has 4 N–H and O–H groups in total. The van der Waals surface area contributed by atoms with Crippen LogP contribution in [0.3, 0.4) is 0 Å². The molecular formula is C19H35IN6O2. The van der Waals surface area contributed by atoms with Gasteiger partial charge < -0.3 is 26.0 Å². The van der Waals surface area contributed by atoms with Crippen molar-refractivity contribution >= 4 is 41.8 Å². The van der Waals surface area contributed by atoms with Gasteiger partial charge in [-0.3, -0.25) is 4.99 Å². The molecule has 0 bridgehead atoms. The zero-order valence-electron chi connectivity index (χ0n) is 17.4. The van der Waals surface area contributed by atoms with Crippen LogP contribution in [0.4, 0.5) is 10.6 Å². The smallest absolute Gasteiger partial charge is 0.407 e. The van der Waals surface area contributed by atoms with E-state index in [-0.39, 0.29) is 24.0 Å². The summed E-state index contributed by atoms with van der Waals surface area (Å²) in [7, 11) is 0. The Bertz CT molecular complexity index is 563. The summed E-state index contributed by atoms with van der Waals surface area (Å²) in [4.78, 5) is 20.4. The van der Waals surface area contributed by atoms with Crippen LogP contribution in [-0.4, -0.2) is 55.4 Å². The first-order valence-electron chi connectivity index (χ1n) is 9.54. The first kappa shape index (κ1) is 26.2. The summed E-state index contributed by atoms with van der Waals surface area (Å²) < 4.78 is 5.19. The van der Waals surface area contributed by atoms with Crippen LogP contribution >= 0.6 is 24.0 Å². The van der Waals surface area contributed by atoms with Gasteiger partial charge in [-0.05, 0) is 52.7 Å². The van der Waals surface area contributed by atoms with Crippen molar-refractivity contribution in [2.75, 3.05) is 38.0 Å². The van der Waals surface area contributed by atoms with Crippen molar-refractivity contribution in [3.8, 4) is 0 Å². The molecule has 1 heterocycles. The van der Waals surface area contributed by atoms with Gasteiger partial charge in [-0.2, -0.15) is 0 Å². The van der Waals surface area contributed by atoms with Crippen LogP contribution in [-0.2, 0) is 4.74 Å². The van der Waals surface area contributed by atoms with E-state index in [1.54, 1.807) is 6.20 Å². The fraction of sp³-hybridized carbons (Fsp3) is 0.632. The van der Waals surface area contributed by atoms with E-state index in [0.29, 0.717) is 13.1 Å². The van der Waals surface area contributed by atoms with E-state index in [9.17, 15) is 4.79 Å². The van der Waals surface area contributed by atoms with Gasteiger partial charge in [-0.25, -0.2) is 9.78 Å². The van der Waals surface area contributed by atoms with E-state index in [0.717, 1.165) is 44.3 Å². The number of unbranched alkanes of at least 4 members (excludes halogenated alkanes) is 1. The molecule has 1 aromatic heterocycles. The predicted molar refractivity (Wildman–Crippen MR) is 126 cm³/mol. The number of anilines is 1. The summed E-state index contributed by atoms with van der Waals surface area (Å²) in [6.45, 7) is 11.0. The molecule has 1 amide bonds. The quantitative estimate of drug-likeness (QED) is 0.169. The minimum atomic E-state index is -0.487. The Labute approximate surface area is 185 Å². The number of aromatic nitrogens is 1. The maximum absolute atomic E-state index is 11.6. The highest BCUT2D eigenvalue weighted by molar-refractivity contribution is 14.0. The van der Waals surface area contributed by atoms with Gasteiger partial charge >= 0.3 is 6.09 Å². The molecule has 0 saturated carbocycles. The zero-order valence-corrected chi connectivity index (χ0v) is 19.7. The minimum Gasteiger partial charge on any atom is -0.444 e. The summed E-state index contributed by atoms with van der Waals surface area (Å²) in [6.07, 6.45) is 3.36. The Morgan fingerprint density at radius 3 is 2.50 bits per heavy atom. The maximum atomic E-state index is 11.6. The van der Waals surface area contributed by atoms with E-state index in [4.69, 9.17) is 4.74 Å². The van der Waals surface area contributed by atoms with Crippen molar-refractivity contribution in [2.45, 2.75) is 46.1 Å². The van der Waals surface area contributed by atoms with Gasteiger partial charge in [-0.15, -0.1) is 24.0 Å². The number of hydrogen-bond donors (Lipinski definition) is 4. The lowest BCUT2D eigenvalue weighted by Crippen LogP contribution is -2.42. The topological polar surface area (TPSA) is 99.7 Å². The first-order valence-corrected chi connectivity index (χ1v) is 9.54. The number of halogens is 1.